The van der Waals surface area contributed by atoms with Gasteiger partial charge in [-0.1, -0.05) is 12.1 Å². The highest BCUT2D eigenvalue weighted by Crippen LogP contribution is 2.20. The molecule has 4 nitrogen and oxygen atoms in total. The van der Waals surface area contributed by atoms with Crippen LogP contribution in [0.5, 0.6) is 5.75 Å². The molecule has 2 aliphatic rings. The minimum atomic E-state index is 0.119. The molecular weight excluding hydrogens is 240 g/mol. The molecule has 0 aliphatic carbocycles. The molecule has 101 valence electrons. The second kappa shape index (κ2) is 5.51. The number of urea groups is 1. The van der Waals surface area contributed by atoms with Gasteiger partial charge in [0.1, 0.15) is 11.9 Å². The van der Waals surface area contributed by atoms with Crippen molar-refractivity contribution in [3.05, 3.63) is 30.3 Å². The van der Waals surface area contributed by atoms with E-state index in [-0.39, 0.29) is 12.1 Å². The number of carbonyl (C=O) groups excluding carboxylic acids is 1. The molecule has 2 heterocycles. The number of ether oxygens (including phenoxy) is 1. The maximum atomic E-state index is 12.2. The van der Waals surface area contributed by atoms with Gasteiger partial charge in [-0.2, -0.15) is 0 Å². The Morgan fingerprint density at radius 1 is 1.16 bits per heavy atom. The van der Waals surface area contributed by atoms with Crippen molar-refractivity contribution in [2.24, 2.45) is 0 Å². The van der Waals surface area contributed by atoms with Crippen LogP contribution in [0.3, 0.4) is 0 Å². The summed E-state index contributed by atoms with van der Waals surface area (Å²) in [5, 5.41) is 0. The Kier molecular flexibility index (Phi) is 3.58. The highest BCUT2D eigenvalue weighted by atomic mass is 16.5. The number of hydrogen-bond donors (Lipinski definition) is 0. The van der Waals surface area contributed by atoms with Gasteiger partial charge in [-0.05, 0) is 31.0 Å². The monoisotopic (exact) mass is 259 g/mol. The van der Waals surface area contributed by atoms with Crippen molar-refractivity contribution >= 4 is 6.03 Å². The number of likely N-dealkylation sites (tertiary alicyclic amines) is 2. The summed E-state index contributed by atoms with van der Waals surface area (Å²) in [7, 11) is 0. The fourth-order valence-electron chi connectivity index (χ4n) is 2.75. The first-order chi connectivity index (χ1) is 9.33. The molecule has 1 aromatic rings. The van der Waals surface area contributed by atoms with Crippen LogP contribution >= 0.6 is 0 Å². The van der Waals surface area contributed by atoms with Gasteiger partial charge >= 0.3 is 6.03 Å². The van der Waals surface area contributed by atoms with Gasteiger partial charge < -0.3 is 14.5 Å². The third-order valence-corrected chi connectivity index (χ3v) is 3.78. The molecule has 2 fully saturated rings. The van der Waals surface area contributed by atoms with Crippen molar-refractivity contribution in [3.8, 4) is 5.75 Å². The second-order valence-corrected chi connectivity index (χ2v) is 5.19. The number of rotatable bonds is 2. The molecule has 0 aromatic heterocycles. The fraction of sp³-hybridized carbons (Fsp3) is 0.533. The van der Waals surface area contributed by atoms with Gasteiger partial charge in [0.15, 0.2) is 0 Å². The molecule has 0 saturated carbocycles. The molecule has 19 heavy (non-hydrogen) atoms. The predicted molar refractivity (Wildman–Crippen MR) is 72.1 cm³/mol. The summed E-state index contributed by atoms with van der Waals surface area (Å²) in [6.07, 6.45) is 3.31. The molecule has 1 atom stereocenters. The number of benzene rings is 1. The van der Waals surface area contributed by atoms with E-state index in [1.54, 1.807) is 0 Å². The van der Waals surface area contributed by atoms with Crippen molar-refractivity contribution < 1.29 is 9.53 Å². The zero-order chi connectivity index (χ0) is 13.1. The summed E-state index contributed by atoms with van der Waals surface area (Å²) in [6.45, 7) is 3.33. The van der Waals surface area contributed by atoms with E-state index in [9.17, 15) is 4.79 Å². The molecular formula is C15H19N2O2. The van der Waals surface area contributed by atoms with Crippen molar-refractivity contribution in [3.63, 3.8) is 0 Å². The maximum absolute atomic E-state index is 12.2. The van der Waals surface area contributed by atoms with Crippen molar-refractivity contribution in [1.29, 1.82) is 0 Å². The lowest BCUT2D eigenvalue weighted by molar-refractivity contribution is 0.160. The van der Waals surface area contributed by atoms with Gasteiger partial charge in [-0.3, -0.25) is 0 Å². The topological polar surface area (TPSA) is 32.8 Å². The average Bonchev–Trinajstić information content (AvgIpc) is 3.10. The standard InChI is InChI=1S/C15H19N2O2/c18-15(16-9-4-5-10-16)17-11-8-14(12-17)19-13-6-2-1-3-7-13/h2-3,6-7,14H,4-5,8-12H2/t14-/m0/s1. The van der Waals surface area contributed by atoms with Crippen LogP contribution < -0.4 is 4.74 Å². The van der Waals surface area contributed by atoms with Crippen LogP contribution in [0.1, 0.15) is 19.3 Å². The van der Waals surface area contributed by atoms with Crippen molar-refractivity contribution in [2.75, 3.05) is 26.2 Å². The van der Waals surface area contributed by atoms with Crippen molar-refractivity contribution in [2.45, 2.75) is 25.4 Å². The molecule has 0 spiro atoms. The summed E-state index contributed by atoms with van der Waals surface area (Å²) in [6, 6.07) is 10.7. The smallest absolute Gasteiger partial charge is 0.320 e. The van der Waals surface area contributed by atoms with E-state index in [1.165, 1.54) is 0 Å². The van der Waals surface area contributed by atoms with E-state index >= 15 is 0 Å². The first-order valence-corrected chi connectivity index (χ1v) is 6.99. The van der Waals surface area contributed by atoms with Gasteiger partial charge in [0.25, 0.3) is 0 Å². The largest absolute Gasteiger partial charge is 0.489 e. The van der Waals surface area contributed by atoms with E-state index in [1.807, 2.05) is 34.1 Å². The number of amides is 2. The Hall–Kier alpha value is -1.71. The SMILES string of the molecule is O=C(N1CCCC1)N1CC[C@H](Oc2cc[c]cc2)C1. The van der Waals surface area contributed by atoms with Gasteiger partial charge in [-0.15, -0.1) is 0 Å². The predicted octanol–water partition coefficient (Wildman–Crippen LogP) is 2.16. The van der Waals surface area contributed by atoms with Crippen LogP contribution in [0, 0.1) is 6.07 Å². The minimum absolute atomic E-state index is 0.119. The normalized spacial score (nSPS) is 22.8. The number of carbonyl (C=O) groups is 1. The van der Waals surface area contributed by atoms with Gasteiger partial charge in [0.2, 0.25) is 0 Å². The molecule has 1 radical (unpaired) electrons. The molecule has 0 bridgehead atoms. The lowest BCUT2D eigenvalue weighted by Gasteiger charge is -2.23. The van der Waals surface area contributed by atoms with Crippen LogP contribution in [0.25, 0.3) is 0 Å². The zero-order valence-electron chi connectivity index (χ0n) is 11.0. The van der Waals surface area contributed by atoms with E-state index < -0.39 is 0 Å². The first kappa shape index (κ1) is 12.3. The second-order valence-electron chi connectivity index (χ2n) is 5.19. The maximum Gasteiger partial charge on any atom is 0.320 e. The van der Waals surface area contributed by atoms with Crippen LogP contribution in [0.15, 0.2) is 24.3 Å². The summed E-state index contributed by atoms with van der Waals surface area (Å²) in [4.78, 5) is 16.1. The van der Waals surface area contributed by atoms with E-state index in [0.29, 0.717) is 6.54 Å². The Labute approximate surface area is 113 Å². The lowest BCUT2D eigenvalue weighted by Crippen LogP contribution is -2.41. The fourth-order valence-corrected chi connectivity index (χ4v) is 2.75. The Morgan fingerprint density at radius 3 is 2.63 bits per heavy atom. The first-order valence-electron chi connectivity index (χ1n) is 6.99. The summed E-state index contributed by atoms with van der Waals surface area (Å²) in [5.41, 5.74) is 0. The minimum Gasteiger partial charge on any atom is -0.489 e. The molecule has 2 saturated heterocycles. The summed E-state index contributed by atoms with van der Waals surface area (Å²) >= 11 is 0. The molecule has 0 N–H and O–H groups in total. The van der Waals surface area contributed by atoms with Gasteiger partial charge in [0, 0.05) is 26.1 Å². The van der Waals surface area contributed by atoms with E-state index in [0.717, 1.165) is 44.6 Å². The molecule has 1 aromatic carbocycles. The molecule has 2 aliphatic heterocycles. The van der Waals surface area contributed by atoms with Crippen LogP contribution in [-0.4, -0.2) is 48.1 Å². The van der Waals surface area contributed by atoms with Gasteiger partial charge in [-0.25, -0.2) is 4.79 Å². The number of hydrogen-bond acceptors (Lipinski definition) is 2. The third kappa shape index (κ3) is 2.83. The Bertz CT molecular complexity index is 429. The summed E-state index contributed by atoms with van der Waals surface area (Å²) in [5.74, 6) is 0.860. The van der Waals surface area contributed by atoms with E-state index in [2.05, 4.69) is 6.07 Å². The quantitative estimate of drug-likeness (QED) is 0.815. The average molecular weight is 259 g/mol. The highest BCUT2D eigenvalue weighted by Gasteiger charge is 2.31. The molecule has 2 amide bonds. The molecule has 3 rings (SSSR count). The third-order valence-electron chi connectivity index (χ3n) is 3.78. The highest BCUT2D eigenvalue weighted by molar-refractivity contribution is 5.75. The Balaban J connectivity index is 1.53. The van der Waals surface area contributed by atoms with Crippen LogP contribution in [0.4, 0.5) is 4.79 Å². The van der Waals surface area contributed by atoms with Crippen LogP contribution in [-0.2, 0) is 0 Å². The Morgan fingerprint density at radius 2 is 1.89 bits per heavy atom. The van der Waals surface area contributed by atoms with Crippen molar-refractivity contribution in [1.82, 2.24) is 9.80 Å². The van der Waals surface area contributed by atoms with Gasteiger partial charge in [0.05, 0.1) is 6.54 Å². The van der Waals surface area contributed by atoms with E-state index in [4.69, 9.17) is 4.74 Å². The summed E-state index contributed by atoms with van der Waals surface area (Å²) < 4.78 is 5.89. The molecule has 0 unspecified atom stereocenters. The zero-order valence-corrected chi connectivity index (χ0v) is 11.0. The van der Waals surface area contributed by atoms with Crippen LogP contribution in [0.2, 0.25) is 0 Å². The molecule has 4 heteroatoms. The number of nitrogens with zero attached hydrogens (tertiary/aromatic N) is 2. The lowest BCUT2D eigenvalue weighted by atomic mass is 10.3.